The normalized spacial score (nSPS) is 27.7. The first-order valence-corrected chi connectivity index (χ1v) is 6.06. The van der Waals surface area contributed by atoms with E-state index in [4.69, 9.17) is 4.74 Å². The van der Waals surface area contributed by atoms with Gasteiger partial charge in [-0.15, -0.1) is 0 Å². The maximum Gasteiger partial charge on any atom is 0.313 e. The van der Waals surface area contributed by atoms with Gasteiger partial charge in [0.2, 0.25) is 0 Å². The lowest BCUT2D eigenvalue weighted by Crippen LogP contribution is -2.36. The third kappa shape index (κ3) is 2.94. The van der Waals surface area contributed by atoms with Crippen LogP contribution in [0.2, 0.25) is 0 Å². The van der Waals surface area contributed by atoms with E-state index in [9.17, 15) is 4.79 Å². The smallest absolute Gasteiger partial charge is 0.313 e. The van der Waals surface area contributed by atoms with Gasteiger partial charge in [-0.25, -0.2) is 0 Å². The molecule has 88 valence electrons. The van der Waals surface area contributed by atoms with Gasteiger partial charge in [0.1, 0.15) is 0 Å². The molecule has 2 unspecified atom stereocenters. The molecule has 1 fully saturated rings. The molecule has 3 nitrogen and oxygen atoms in total. The Morgan fingerprint density at radius 3 is 2.73 bits per heavy atom. The Morgan fingerprint density at radius 1 is 1.53 bits per heavy atom. The van der Waals surface area contributed by atoms with E-state index < -0.39 is 0 Å². The highest BCUT2D eigenvalue weighted by Gasteiger charge is 2.42. The predicted molar refractivity (Wildman–Crippen MR) is 60.7 cm³/mol. The molecule has 0 aliphatic carbocycles. The number of hydrogen-bond donors (Lipinski definition) is 1. The standard InChI is InChI=1S/C12H23NO2/c1-4-6-12(7-8-13-9-12)11(14)15-10(3)5-2/h10,13H,4-9H2,1-3H3. The number of nitrogens with one attached hydrogen (secondary N) is 1. The Bertz CT molecular complexity index is 210. The monoisotopic (exact) mass is 213 g/mol. The second kappa shape index (κ2) is 5.50. The Labute approximate surface area is 92.6 Å². The van der Waals surface area contributed by atoms with Crippen molar-refractivity contribution in [2.45, 2.75) is 52.6 Å². The number of hydrogen-bond acceptors (Lipinski definition) is 3. The average Bonchev–Trinajstić information content (AvgIpc) is 2.68. The van der Waals surface area contributed by atoms with E-state index in [2.05, 4.69) is 12.2 Å². The summed E-state index contributed by atoms with van der Waals surface area (Å²) in [5, 5.41) is 3.27. The van der Waals surface area contributed by atoms with E-state index >= 15 is 0 Å². The lowest BCUT2D eigenvalue weighted by Gasteiger charge is -2.27. The van der Waals surface area contributed by atoms with Gasteiger partial charge < -0.3 is 10.1 Å². The van der Waals surface area contributed by atoms with Crippen LogP contribution in [0.5, 0.6) is 0 Å². The maximum absolute atomic E-state index is 12.1. The molecular weight excluding hydrogens is 190 g/mol. The fourth-order valence-corrected chi connectivity index (χ4v) is 2.10. The van der Waals surface area contributed by atoms with Crippen LogP contribution < -0.4 is 5.32 Å². The molecule has 0 radical (unpaired) electrons. The fraction of sp³-hybridized carbons (Fsp3) is 0.917. The maximum atomic E-state index is 12.1. The topological polar surface area (TPSA) is 38.3 Å². The van der Waals surface area contributed by atoms with Gasteiger partial charge in [-0.2, -0.15) is 0 Å². The van der Waals surface area contributed by atoms with Crippen LogP contribution in [0.3, 0.4) is 0 Å². The molecule has 1 saturated heterocycles. The highest BCUT2D eigenvalue weighted by atomic mass is 16.5. The van der Waals surface area contributed by atoms with Gasteiger partial charge in [-0.1, -0.05) is 20.3 Å². The lowest BCUT2D eigenvalue weighted by molar-refractivity contribution is -0.160. The summed E-state index contributed by atoms with van der Waals surface area (Å²) in [5.74, 6) is 0.00343. The van der Waals surface area contributed by atoms with Crippen LogP contribution in [0.1, 0.15) is 46.5 Å². The number of carbonyl (C=O) groups excluding carboxylic acids is 1. The van der Waals surface area contributed by atoms with Crippen molar-refractivity contribution < 1.29 is 9.53 Å². The van der Waals surface area contributed by atoms with Crippen molar-refractivity contribution in [3.8, 4) is 0 Å². The first-order valence-electron chi connectivity index (χ1n) is 6.06. The summed E-state index contributed by atoms with van der Waals surface area (Å²) >= 11 is 0. The van der Waals surface area contributed by atoms with E-state index in [0.717, 1.165) is 38.8 Å². The van der Waals surface area contributed by atoms with E-state index in [1.165, 1.54) is 0 Å². The first-order chi connectivity index (χ1) is 7.14. The molecular formula is C12H23NO2. The minimum Gasteiger partial charge on any atom is -0.462 e. The highest BCUT2D eigenvalue weighted by Crippen LogP contribution is 2.33. The molecule has 0 spiro atoms. The quantitative estimate of drug-likeness (QED) is 0.711. The SMILES string of the molecule is CCCC1(C(=O)OC(C)CC)CCNC1. The fourth-order valence-electron chi connectivity index (χ4n) is 2.10. The minimum atomic E-state index is -0.238. The number of carbonyl (C=O) groups is 1. The van der Waals surface area contributed by atoms with Gasteiger partial charge in [-0.3, -0.25) is 4.79 Å². The predicted octanol–water partition coefficient (Wildman–Crippen LogP) is 2.11. The molecule has 0 amide bonds. The molecule has 2 atom stereocenters. The van der Waals surface area contributed by atoms with E-state index in [1.54, 1.807) is 0 Å². The second-order valence-corrected chi connectivity index (χ2v) is 4.58. The van der Waals surface area contributed by atoms with Crippen molar-refractivity contribution >= 4 is 5.97 Å². The molecule has 15 heavy (non-hydrogen) atoms. The Morgan fingerprint density at radius 2 is 2.27 bits per heavy atom. The van der Waals surface area contributed by atoms with Crippen molar-refractivity contribution in [1.82, 2.24) is 5.32 Å². The first kappa shape index (κ1) is 12.5. The summed E-state index contributed by atoms with van der Waals surface area (Å²) in [5.41, 5.74) is -0.238. The summed E-state index contributed by atoms with van der Waals surface area (Å²) in [6, 6.07) is 0. The van der Waals surface area contributed by atoms with Gasteiger partial charge in [-0.05, 0) is 32.7 Å². The van der Waals surface area contributed by atoms with Crippen LogP contribution in [0, 0.1) is 5.41 Å². The lowest BCUT2D eigenvalue weighted by atomic mass is 9.82. The number of ether oxygens (including phenoxy) is 1. The average molecular weight is 213 g/mol. The summed E-state index contributed by atoms with van der Waals surface area (Å²) in [7, 11) is 0. The highest BCUT2D eigenvalue weighted by molar-refractivity contribution is 5.77. The zero-order chi connectivity index (χ0) is 11.3. The molecule has 0 bridgehead atoms. The summed E-state index contributed by atoms with van der Waals surface area (Å²) in [4.78, 5) is 12.1. The zero-order valence-corrected chi connectivity index (χ0v) is 10.1. The molecule has 1 aliphatic rings. The van der Waals surface area contributed by atoms with E-state index in [1.807, 2.05) is 13.8 Å². The molecule has 0 saturated carbocycles. The molecule has 0 aromatic rings. The van der Waals surface area contributed by atoms with Gasteiger partial charge in [0, 0.05) is 6.54 Å². The molecule has 0 aromatic carbocycles. The molecule has 1 aliphatic heterocycles. The minimum absolute atomic E-state index is 0.00343. The summed E-state index contributed by atoms with van der Waals surface area (Å²) in [6.45, 7) is 7.85. The second-order valence-electron chi connectivity index (χ2n) is 4.58. The van der Waals surface area contributed by atoms with Crippen LogP contribution in [0.15, 0.2) is 0 Å². The molecule has 1 heterocycles. The largest absolute Gasteiger partial charge is 0.462 e. The van der Waals surface area contributed by atoms with Crippen LogP contribution in [0.4, 0.5) is 0 Å². The molecule has 0 aromatic heterocycles. The third-order valence-electron chi connectivity index (χ3n) is 3.29. The third-order valence-corrected chi connectivity index (χ3v) is 3.29. The van der Waals surface area contributed by atoms with E-state index in [-0.39, 0.29) is 17.5 Å². The Hall–Kier alpha value is -0.570. The summed E-state index contributed by atoms with van der Waals surface area (Å²) in [6.07, 6.45) is 3.84. The van der Waals surface area contributed by atoms with Gasteiger partial charge in [0.15, 0.2) is 0 Å². The molecule has 3 heteroatoms. The van der Waals surface area contributed by atoms with Crippen molar-refractivity contribution in [3.05, 3.63) is 0 Å². The van der Waals surface area contributed by atoms with Gasteiger partial charge in [0.25, 0.3) is 0 Å². The zero-order valence-electron chi connectivity index (χ0n) is 10.1. The van der Waals surface area contributed by atoms with Crippen molar-refractivity contribution in [2.75, 3.05) is 13.1 Å². The van der Waals surface area contributed by atoms with Crippen LogP contribution in [-0.4, -0.2) is 25.2 Å². The van der Waals surface area contributed by atoms with Crippen LogP contribution in [-0.2, 0) is 9.53 Å². The van der Waals surface area contributed by atoms with Crippen molar-refractivity contribution in [3.63, 3.8) is 0 Å². The van der Waals surface area contributed by atoms with Crippen LogP contribution >= 0.6 is 0 Å². The number of rotatable bonds is 5. The van der Waals surface area contributed by atoms with Gasteiger partial charge >= 0.3 is 5.97 Å². The summed E-state index contributed by atoms with van der Waals surface area (Å²) < 4.78 is 5.46. The molecule has 1 N–H and O–H groups in total. The van der Waals surface area contributed by atoms with Crippen molar-refractivity contribution in [2.24, 2.45) is 5.41 Å². The van der Waals surface area contributed by atoms with Crippen LogP contribution in [0.25, 0.3) is 0 Å². The van der Waals surface area contributed by atoms with Crippen molar-refractivity contribution in [1.29, 1.82) is 0 Å². The van der Waals surface area contributed by atoms with E-state index in [0.29, 0.717) is 0 Å². The Kier molecular flexibility index (Phi) is 4.58. The molecule has 1 rings (SSSR count). The number of esters is 1. The Balaban J connectivity index is 2.59. The van der Waals surface area contributed by atoms with Gasteiger partial charge in [0.05, 0.1) is 11.5 Å².